The average Bonchev–Trinajstić information content (AvgIpc) is 3.16. The fourth-order valence-corrected chi connectivity index (χ4v) is 6.72. The van der Waals surface area contributed by atoms with Gasteiger partial charge in [-0.15, -0.1) is 11.6 Å². The topological polar surface area (TPSA) is 96.1 Å². The molecule has 2 aromatic rings. The third-order valence-electron chi connectivity index (χ3n) is 8.44. The lowest BCUT2D eigenvalue weighted by atomic mass is 9.68. The van der Waals surface area contributed by atoms with Gasteiger partial charge in [0.15, 0.2) is 17.0 Å². The van der Waals surface area contributed by atoms with E-state index in [1.807, 2.05) is 4.57 Å². The van der Waals surface area contributed by atoms with E-state index < -0.39 is 17.6 Å². The zero-order chi connectivity index (χ0) is 20.6. The second kappa shape index (κ2) is 6.92. The molecule has 0 saturated heterocycles. The molecule has 162 valence electrons. The molecular weight excluding hydrogens is 425 g/mol. The van der Waals surface area contributed by atoms with Crippen molar-refractivity contribution in [1.82, 2.24) is 19.5 Å². The summed E-state index contributed by atoms with van der Waals surface area (Å²) in [6.07, 6.45) is 8.42. The maximum absolute atomic E-state index is 10.7. The normalized spacial score (nSPS) is 36.0. The van der Waals surface area contributed by atoms with E-state index >= 15 is 0 Å². The highest BCUT2D eigenvalue weighted by atomic mass is 35.5. The van der Waals surface area contributed by atoms with Crippen molar-refractivity contribution < 1.29 is 10.2 Å². The van der Waals surface area contributed by atoms with Gasteiger partial charge in [0.1, 0.15) is 6.10 Å². The molecule has 2 unspecified atom stereocenters. The molecule has 7 nitrogen and oxygen atoms in total. The molecule has 2 aromatic heterocycles. The number of fused-ring (bicyclic) bond motifs is 2. The molecule has 4 aliphatic carbocycles. The summed E-state index contributed by atoms with van der Waals surface area (Å²) in [6.45, 7) is 0. The molecule has 6 rings (SSSR count). The number of halogens is 2. The maximum Gasteiger partial charge on any atom is 0.226 e. The Labute approximate surface area is 185 Å². The highest BCUT2D eigenvalue weighted by molar-refractivity contribution is 6.28. The summed E-state index contributed by atoms with van der Waals surface area (Å²) in [6, 6.07) is 0.0923. The molecule has 4 fully saturated rings. The van der Waals surface area contributed by atoms with Gasteiger partial charge in [-0.1, -0.05) is 12.8 Å². The number of aliphatic hydroxyl groups is 2. The largest absolute Gasteiger partial charge is 0.390 e. The van der Waals surface area contributed by atoms with Gasteiger partial charge in [-0.3, -0.25) is 0 Å². The summed E-state index contributed by atoms with van der Waals surface area (Å²) in [4.78, 5) is 13.6. The van der Waals surface area contributed by atoms with Crippen molar-refractivity contribution in [2.45, 2.75) is 69.2 Å². The van der Waals surface area contributed by atoms with Crippen LogP contribution in [-0.4, -0.2) is 53.9 Å². The van der Waals surface area contributed by atoms with Crippen LogP contribution in [0.3, 0.4) is 0 Å². The number of alkyl halides is 1. The fraction of sp³-hybridized carbons (Fsp3) is 0.762. The van der Waals surface area contributed by atoms with Gasteiger partial charge in [0, 0.05) is 17.3 Å². The van der Waals surface area contributed by atoms with Gasteiger partial charge in [-0.05, 0) is 61.5 Å². The van der Waals surface area contributed by atoms with Gasteiger partial charge in [0.2, 0.25) is 5.28 Å². The zero-order valence-corrected chi connectivity index (χ0v) is 18.2. The van der Waals surface area contributed by atoms with Crippen LogP contribution in [0.5, 0.6) is 0 Å². The van der Waals surface area contributed by atoms with Gasteiger partial charge < -0.3 is 20.1 Å². The Hall–Kier alpha value is -1.15. The molecule has 0 aromatic carbocycles. The molecule has 2 heterocycles. The van der Waals surface area contributed by atoms with Gasteiger partial charge in [-0.25, -0.2) is 4.98 Å². The second-order valence-corrected chi connectivity index (χ2v) is 10.4. The summed E-state index contributed by atoms with van der Waals surface area (Å²) >= 11 is 12.5. The minimum Gasteiger partial charge on any atom is -0.390 e. The van der Waals surface area contributed by atoms with Crippen molar-refractivity contribution in [3.8, 4) is 0 Å². The maximum atomic E-state index is 10.7. The van der Waals surface area contributed by atoms with Crippen molar-refractivity contribution in [3.05, 3.63) is 11.6 Å². The SMILES string of the molecule is OC1[C@@H](O)[C@H](n2cnc3c(NC(C4CCC4)C4CCC4)nc(Cl)nc32)C2C[C@@]12CCl. The van der Waals surface area contributed by atoms with Crippen molar-refractivity contribution in [2.75, 3.05) is 11.2 Å². The van der Waals surface area contributed by atoms with Gasteiger partial charge in [-0.2, -0.15) is 9.97 Å². The lowest BCUT2D eigenvalue weighted by Crippen LogP contribution is -2.42. The number of anilines is 1. The number of nitrogens with zero attached hydrogens (tertiary/aromatic N) is 4. The first-order valence-electron chi connectivity index (χ1n) is 11.1. The highest BCUT2D eigenvalue weighted by Crippen LogP contribution is 2.68. The van der Waals surface area contributed by atoms with E-state index in [2.05, 4.69) is 20.3 Å². The monoisotopic (exact) mass is 451 g/mol. The number of aliphatic hydroxyl groups excluding tert-OH is 2. The highest BCUT2D eigenvalue weighted by Gasteiger charge is 2.71. The number of imidazole rings is 1. The summed E-state index contributed by atoms with van der Waals surface area (Å²) in [7, 11) is 0. The van der Waals surface area contributed by atoms with Gasteiger partial charge in [0.25, 0.3) is 0 Å². The molecule has 5 atom stereocenters. The third kappa shape index (κ3) is 2.68. The van der Waals surface area contributed by atoms with Crippen LogP contribution in [0.25, 0.3) is 11.2 Å². The molecule has 0 radical (unpaired) electrons. The molecular formula is C21H27Cl2N5O2. The van der Waals surface area contributed by atoms with E-state index in [9.17, 15) is 10.2 Å². The predicted molar refractivity (Wildman–Crippen MR) is 115 cm³/mol. The summed E-state index contributed by atoms with van der Waals surface area (Å²) in [5.74, 6) is 2.50. The van der Waals surface area contributed by atoms with E-state index in [-0.39, 0.29) is 17.2 Å². The molecule has 3 N–H and O–H groups in total. The number of hydrogen-bond donors (Lipinski definition) is 3. The first-order chi connectivity index (χ1) is 14.5. The second-order valence-electron chi connectivity index (χ2n) is 9.82. The van der Waals surface area contributed by atoms with Crippen molar-refractivity contribution >= 4 is 40.2 Å². The van der Waals surface area contributed by atoms with Gasteiger partial charge >= 0.3 is 0 Å². The molecule has 0 amide bonds. The van der Waals surface area contributed by atoms with E-state index in [0.717, 1.165) is 6.42 Å². The predicted octanol–water partition coefficient (Wildman–Crippen LogP) is 3.38. The minimum absolute atomic E-state index is 0.111. The molecule has 0 aliphatic heterocycles. The Kier molecular flexibility index (Phi) is 4.51. The van der Waals surface area contributed by atoms with Crippen LogP contribution in [0.4, 0.5) is 5.82 Å². The van der Waals surface area contributed by atoms with E-state index in [4.69, 9.17) is 23.2 Å². The van der Waals surface area contributed by atoms with Crippen LogP contribution in [0.2, 0.25) is 5.28 Å². The number of rotatable bonds is 6. The summed E-state index contributed by atoms with van der Waals surface area (Å²) in [5, 5.41) is 25.2. The zero-order valence-electron chi connectivity index (χ0n) is 16.7. The minimum atomic E-state index is -0.900. The Bertz CT molecular complexity index is 964. The fourth-order valence-electron chi connectivity index (χ4n) is 6.09. The van der Waals surface area contributed by atoms with Crippen molar-refractivity contribution in [3.63, 3.8) is 0 Å². The smallest absolute Gasteiger partial charge is 0.226 e. The molecule has 4 saturated carbocycles. The lowest BCUT2D eigenvalue weighted by Gasteiger charge is -2.43. The molecule has 0 bridgehead atoms. The van der Waals surface area contributed by atoms with E-state index in [0.29, 0.717) is 40.7 Å². The van der Waals surface area contributed by atoms with Crippen LogP contribution < -0.4 is 5.32 Å². The number of hydrogen-bond acceptors (Lipinski definition) is 6. The molecule has 30 heavy (non-hydrogen) atoms. The first kappa shape index (κ1) is 19.5. The first-order valence-corrected chi connectivity index (χ1v) is 12.0. The van der Waals surface area contributed by atoms with Crippen LogP contribution in [-0.2, 0) is 0 Å². The van der Waals surface area contributed by atoms with Crippen LogP contribution >= 0.6 is 23.2 Å². The Morgan fingerprint density at radius 2 is 1.87 bits per heavy atom. The summed E-state index contributed by atoms with van der Waals surface area (Å²) in [5.41, 5.74) is 0.875. The summed E-state index contributed by atoms with van der Waals surface area (Å²) < 4.78 is 1.87. The average molecular weight is 452 g/mol. The van der Waals surface area contributed by atoms with Crippen LogP contribution in [0, 0.1) is 23.2 Å². The molecule has 0 spiro atoms. The van der Waals surface area contributed by atoms with Crippen molar-refractivity contribution in [1.29, 1.82) is 0 Å². The van der Waals surface area contributed by atoms with Crippen LogP contribution in [0.1, 0.15) is 51.0 Å². The molecule has 9 heteroatoms. The molecule has 4 aliphatic rings. The third-order valence-corrected chi connectivity index (χ3v) is 9.10. The van der Waals surface area contributed by atoms with E-state index in [1.54, 1.807) is 6.33 Å². The van der Waals surface area contributed by atoms with Crippen molar-refractivity contribution in [2.24, 2.45) is 23.2 Å². The quantitative estimate of drug-likeness (QED) is 0.460. The standard InChI is InChI=1S/C21H27Cl2N5O2/c22-8-21-7-12(21)15(16(29)17(21)30)28-9-24-14-18(26-20(23)27-19(14)28)25-13(10-3-1-4-10)11-5-2-6-11/h9-13,15-17,29-30H,1-8H2,(H,25,26,27)/t12?,15-,16+,17?,21+/m1/s1. The number of nitrogens with one attached hydrogen (secondary N) is 1. The lowest BCUT2D eigenvalue weighted by molar-refractivity contribution is -0.0129. The van der Waals surface area contributed by atoms with E-state index in [1.165, 1.54) is 38.5 Å². The Morgan fingerprint density at radius 1 is 1.17 bits per heavy atom. The van der Waals surface area contributed by atoms with Gasteiger partial charge in [0.05, 0.1) is 18.5 Å². The number of aromatic nitrogens is 4. The Balaban J connectivity index is 1.36. The van der Waals surface area contributed by atoms with Crippen LogP contribution in [0.15, 0.2) is 6.33 Å². The Morgan fingerprint density at radius 3 is 2.43 bits per heavy atom.